The number of amides is 2. The molecule has 1 atom stereocenters. The van der Waals surface area contributed by atoms with Crippen molar-refractivity contribution in [3.05, 3.63) is 59.7 Å². The van der Waals surface area contributed by atoms with Crippen LogP contribution in [0.3, 0.4) is 0 Å². The fourth-order valence-electron chi connectivity index (χ4n) is 2.59. The van der Waals surface area contributed by atoms with Gasteiger partial charge in [0.1, 0.15) is 5.75 Å². The number of hydrogen-bond donors (Lipinski definition) is 3. The summed E-state index contributed by atoms with van der Waals surface area (Å²) in [7, 11) is -2.19. The van der Waals surface area contributed by atoms with Crippen LogP contribution in [0, 0.1) is 0 Å². The summed E-state index contributed by atoms with van der Waals surface area (Å²) in [5.74, 6) is 0.176. The largest absolute Gasteiger partial charge is 0.497 e. The molecule has 0 radical (unpaired) electrons. The zero-order valence-electron chi connectivity index (χ0n) is 15.6. The highest BCUT2D eigenvalue weighted by Crippen LogP contribution is 2.20. The summed E-state index contributed by atoms with van der Waals surface area (Å²) in [6.45, 7) is 1.61. The minimum atomic E-state index is -3.75. The molecule has 0 heterocycles. The maximum absolute atomic E-state index is 12.3. The quantitative estimate of drug-likeness (QED) is 0.609. The van der Waals surface area contributed by atoms with Gasteiger partial charge in [-0.15, -0.1) is 0 Å². The van der Waals surface area contributed by atoms with Crippen LogP contribution in [-0.4, -0.2) is 27.3 Å². The fourth-order valence-corrected chi connectivity index (χ4v) is 3.10. The van der Waals surface area contributed by atoms with E-state index in [1.165, 1.54) is 19.1 Å². The molecule has 150 valence electrons. The predicted molar refractivity (Wildman–Crippen MR) is 104 cm³/mol. The number of benzene rings is 2. The Morgan fingerprint density at radius 2 is 1.68 bits per heavy atom. The van der Waals surface area contributed by atoms with Crippen molar-refractivity contribution < 1.29 is 22.7 Å². The van der Waals surface area contributed by atoms with Gasteiger partial charge in [0.25, 0.3) is 0 Å². The van der Waals surface area contributed by atoms with E-state index in [0.29, 0.717) is 5.75 Å². The van der Waals surface area contributed by atoms with Gasteiger partial charge in [0.2, 0.25) is 21.8 Å². The summed E-state index contributed by atoms with van der Waals surface area (Å²) in [6, 6.07) is 12.5. The van der Waals surface area contributed by atoms with Gasteiger partial charge in [-0.25, -0.2) is 13.6 Å². The van der Waals surface area contributed by atoms with Crippen LogP contribution in [0.2, 0.25) is 0 Å². The lowest BCUT2D eigenvalue weighted by Crippen LogP contribution is -2.32. The van der Waals surface area contributed by atoms with Crippen molar-refractivity contribution in [2.45, 2.75) is 30.8 Å². The monoisotopic (exact) mass is 405 g/mol. The standard InChI is InChI=1S/C19H23N3O5S/c1-13(23)22-18(15-5-7-16(27-2)8-6-15)11-19(24)21-12-14-3-9-17(10-4-14)28(20,25)26/h3-10,18H,11-12H2,1-2H3,(H,21,24)(H,22,23)(H2,20,25,26). The first-order valence-corrected chi connectivity index (χ1v) is 10.0. The lowest BCUT2D eigenvalue weighted by Gasteiger charge is -2.18. The summed E-state index contributed by atoms with van der Waals surface area (Å²) < 4.78 is 27.6. The molecule has 1 unspecified atom stereocenters. The fraction of sp³-hybridized carbons (Fsp3) is 0.263. The van der Waals surface area contributed by atoms with Gasteiger partial charge >= 0.3 is 0 Å². The van der Waals surface area contributed by atoms with Crippen LogP contribution in [0.25, 0.3) is 0 Å². The van der Waals surface area contributed by atoms with E-state index in [2.05, 4.69) is 10.6 Å². The van der Waals surface area contributed by atoms with Gasteiger partial charge < -0.3 is 15.4 Å². The van der Waals surface area contributed by atoms with Crippen molar-refractivity contribution in [1.82, 2.24) is 10.6 Å². The van der Waals surface area contributed by atoms with E-state index >= 15 is 0 Å². The number of hydrogen-bond acceptors (Lipinski definition) is 5. The molecule has 2 aromatic carbocycles. The van der Waals surface area contributed by atoms with Crippen LogP contribution < -0.4 is 20.5 Å². The van der Waals surface area contributed by atoms with Crippen LogP contribution in [0.5, 0.6) is 5.75 Å². The Balaban J connectivity index is 1.99. The van der Waals surface area contributed by atoms with Gasteiger partial charge in [-0.3, -0.25) is 9.59 Å². The zero-order chi connectivity index (χ0) is 20.7. The summed E-state index contributed by atoms with van der Waals surface area (Å²) >= 11 is 0. The highest BCUT2D eigenvalue weighted by Gasteiger charge is 2.17. The van der Waals surface area contributed by atoms with E-state index < -0.39 is 16.1 Å². The molecule has 9 heteroatoms. The van der Waals surface area contributed by atoms with Crippen LogP contribution in [-0.2, 0) is 26.2 Å². The second kappa shape index (κ2) is 9.34. The van der Waals surface area contributed by atoms with Crippen LogP contribution >= 0.6 is 0 Å². The highest BCUT2D eigenvalue weighted by molar-refractivity contribution is 7.89. The Hall–Kier alpha value is -2.91. The minimum Gasteiger partial charge on any atom is -0.497 e. The Bertz CT molecular complexity index is 925. The molecule has 2 rings (SSSR count). The predicted octanol–water partition coefficient (Wildman–Crippen LogP) is 1.23. The molecular weight excluding hydrogens is 382 g/mol. The molecule has 28 heavy (non-hydrogen) atoms. The summed E-state index contributed by atoms with van der Waals surface area (Å²) in [5, 5.41) is 10.6. The smallest absolute Gasteiger partial charge is 0.238 e. The second-order valence-electron chi connectivity index (χ2n) is 6.20. The summed E-state index contributed by atoms with van der Waals surface area (Å²) in [4.78, 5) is 23.8. The minimum absolute atomic E-state index is 0.00723. The molecule has 0 aliphatic heterocycles. The van der Waals surface area contributed by atoms with Gasteiger partial charge in [0.15, 0.2) is 0 Å². The zero-order valence-corrected chi connectivity index (χ0v) is 16.5. The van der Waals surface area contributed by atoms with Crippen molar-refractivity contribution in [2.24, 2.45) is 5.14 Å². The molecule has 8 nitrogen and oxygen atoms in total. The molecule has 2 amide bonds. The van der Waals surface area contributed by atoms with Gasteiger partial charge in [-0.2, -0.15) is 0 Å². The third kappa shape index (κ3) is 6.36. The average Bonchev–Trinajstić information content (AvgIpc) is 2.65. The number of methoxy groups -OCH3 is 1. The third-order valence-corrected chi connectivity index (χ3v) is 4.96. The average molecular weight is 405 g/mol. The number of nitrogens with two attached hydrogens (primary N) is 1. The van der Waals surface area contributed by atoms with E-state index in [1.54, 1.807) is 43.5 Å². The van der Waals surface area contributed by atoms with Crippen LogP contribution in [0.15, 0.2) is 53.4 Å². The Morgan fingerprint density at radius 3 is 2.18 bits per heavy atom. The van der Waals surface area contributed by atoms with E-state index in [1.807, 2.05) is 0 Å². The van der Waals surface area contributed by atoms with Crippen molar-refractivity contribution >= 4 is 21.8 Å². The first-order chi connectivity index (χ1) is 13.2. The maximum Gasteiger partial charge on any atom is 0.238 e. The maximum atomic E-state index is 12.3. The number of carbonyl (C=O) groups is 2. The number of sulfonamides is 1. The molecule has 2 aromatic rings. The van der Waals surface area contributed by atoms with E-state index in [9.17, 15) is 18.0 Å². The molecule has 0 aliphatic carbocycles. The number of carbonyl (C=O) groups excluding carboxylic acids is 2. The van der Waals surface area contributed by atoms with Crippen molar-refractivity contribution in [3.8, 4) is 5.75 Å². The molecular formula is C19H23N3O5S. The lowest BCUT2D eigenvalue weighted by molar-refractivity contribution is -0.122. The van der Waals surface area contributed by atoms with E-state index in [0.717, 1.165) is 11.1 Å². The number of primary sulfonamides is 1. The van der Waals surface area contributed by atoms with Gasteiger partial charge in [-0.05, 0) is 35.4 Å². The van der Waals surface area contributed by atoms with Gasteiger partial charge in [-0.1, -0.05) is 24.3 Å². The molecule has 0 fully saturated rings. The lowest BCUT2D eigenvalue weighted by atomic mass is 10.0. The molecule has 0 saturated heterocycles. The third-order valence-electron chi connectivity index (χ3n) is 4.03. The molecule has 0 spiro atoms. The number of ether oxygens (including phenoxy) is 1. The molecule has 4 N–H and O–H groups in total. The van der Waals surface area contributed by atoms with Crippen LogP contribution in [0.1, 0.15) is 30.5 Å². The Kier molecular flexibility index (Phi) is 7.13. The Labute approximate surface area is 164 Å². The SMILES string of the molecule is COc1ccc(C(CC(=O)NCc2ccc(S(N)(=O)=O)cc2)NC(C)=O)cc1. The van der Waals surface area contributed by atoms with Gasteiger partial charge in [0.05, 0.1) is 24.5 Å². The molecule has 0 aromatic heterocycles. The Morgan fingerprint density at radius 1 is 1.07 bits per heavy atom. The summed E-state index contributed by atoms with van der Waals surface area (Å²) in [5.41, 5.74) is 1.50. The topological polar surface area (TPSA) is 128 Å². The highest BCUT2D eigenvalue weighted by atomic mass is 32.2. The normalized spacial score (nSPS) is 12.1. The first-order valence-electron chi connectivity index (χ1n) is 8.48. The van der Waals surface area contributed by atoms with Crippen molar-refractivity contribution in [2.75, 3.05) is 7.11 Å². The summed E-state index contributed by atoms with van der Waals surface area (Å²) in [6.07, 6.45) is 0.0567. The molecule has 0 aliphatic rings. The van der Waals surface area contributed by atoms with E-state index in [4.69, 9.17) is 9.88 Å². The van der Waals surface area contributed by atoms with Crippen LogP contribution in [0.4, 0.5) is 0 Å². The second-order valence-corrected chi connectivity index (χ2v) is 7.76. The van der Waals surface area contributed by atoms with Crippen molar-refractivity contribution in [3.63, 3.8) is 0 Å². The molecule has 0 saturated carbocycles. The number of rotatable bonds is 8. The van der Waals surface area contributed by atoms with E-state index in [-0.39, 0.29) is 29.7 Å². The van der Waals surface area contributed by atoms with Crippen molar-refractivity contribution in [1.29, 1.82) is 0 Å². The first kappa shape index (κ1) is 21.4. The number of nitrogens with one attached hydrogen (secondary N) is 2. The van der Waals surface area contributed by atoms with Gasteiger partial charge in [0, 0.05) is 13.5 Å². The molecule has 0 bridgehead atoms.